The number of rotatable bonds is 5. The highest BCUT2D eigenvalue weighted by molar-refractivity contribution is 6.31. The molecular weight excluding hydrogens is 274 g/mol. The van der Waals surface area contributed by atoms with Crippen molar-refractivity contribution >= 4 is 17.4 Å². The monoisotopic (exact) mass is 297 g/mol. The summed E-state index contributed by atoms with van der Waals surface area (Å²) in [6, 6.07) is 4.78. The molecule has 1 saturated heterocycles. The minimum absolute atomic E-state index is 0.406. The molecular formula is C15H24ClN3O. The maximum Gasteiger partial charge on any atom is 0.129 e. The van der Waals surface area contributed by atoms with Crippen LogP contribution >= 0.6 is 11.6 Å². The van der Waals surface area contributed by atoms with Gasteiger partial charge in [-0.15, -0.1) is 0 Å². The van der Waals surface area contributed by atoms with E-state index in [4.69, 9.17) is 21.3 Å². The molecule has 1 unspecified atom stereocenters. The van der Waals surface area contributed by atoms with Gasteiger partial charge in [-0.25, -0.2) is 4.98 Å². The summed E-state index contributed by atoms with van der Waals surface area (Å²) < 4.78 is 5.55. The number of anilines is 1. The lowest BCUT2D eigenvalue weighted by atomic mass is 10.1. The average Bonchev–Trinajstić information content (AvgIpc) is 2.46. The Kier molecular flexibility index (Phi) is 5.64. The number of nitrogens with one attached hydrogen (secondary N) is 1. The van der Waals surface area contributed by atoms with Gasteiger partial charge < -0.3 is 15.0 Å². The van der Waals surface area contributed by atoms with E-state index < -0.39 is 0 Å². The van der Waals surface area contributed by atoms with Crippen LogP contribution in [-0.2, 0) is 11.3 Å². The fourth-order valence-electron chi connectivity index (χ4n) is 2.35. The fourth-order valence-corrected chi connectivity index (χ4v) is 2.52. The molecule has 1 aromatic heterocycles. The molecule has 1 N–H and O–H groups in total. The summed E-state index contributed by atoms with van der Waals surface area (Å²) in [4.78, 5) is 7.07. The Hall–Kier alpha value is -0.840. The number of morpholine rings is 1. The molecule has 1 aliphatic heterocycles. The summed E-state index contributed by atoms with van der Waals surface area (Å²) in [5, 5.41) is 4.09. The van der Waals surface area contributed by atoms with E-state index in [2.05, 4.69) is 31.0 Å². The van der Waals surface area contributed by atoms with Crippen molar-refractivity contribution in [3.8, 4) is 0 Å². The topological polar surface area (TPSA) is 37.4 Å². The predicted octanol–water partition coefficient (Wildman–Crippen LogP) is 2.85. The van der Waals surface area contributed by atoms with E-state index in [-0.39, 0.29) is 0 Å². The molecule has 1 aromatic rings. The summed E-state index contributed by atoms with van der Waals surface area (Å²) in [7, 11) is 0. The maximum absolute atomic E-state index is 6.24. The van der Waals surface area contributed by atoms with E-state index in [9.17, 15) is 0 Å². The molecule has 0 bridgehead atoms. The van der Waals surface area contributed by atoms with Gasteiger partial charge in [0.25, 0.3) is 0 Å². The van der Waals surface area contributed by atoms with Gasteiger partial charge in [0.05, 0.1) is 30.0 Å². The number of nitrogens with zero attached hydrogens (tertiary/aromatic N) is 2. The summed E-state index contributed by atoms with van der Waals surface area (Å²) in [5.74, 6) is 1.00. The zero-order valence-corrected chi connectivity index (χ0v) is 13.3. The van der Waals surface area contributed by atoms with Crippen LogP contribution in [0.1, 0.15) is 32.9 Å². The molecule has 0 aromatic carbocycles. The number of hydrogen-bond acceptors (Lipinski definition) is 4. The van der Waals surface area contributed by atoms with E-state index in [0.717, 1.165) is 42.7 Å². The molecule has 0 aliphatic carbocycles. The number of ether oxygens (including phenoxy) is 1. The van der Waals surface area contributed by atoms with E-state index >= 15 is 0 Å². The smallest absolute Gasteiger partial charge is 0.129 e. The lowest BCUT2D eigenvalue weighted by Gasteiger charge is -2.36. The Labute approximate surface area is 126 Å². The third kappa shape index (κ3) is 3.84. The van der Waals surface area contributed by atoms with Gasteiger partial charge in [0.1, 0.15) is 5.82 Å². The van der Waals surface area contributed by atoms with E-state index in [1.54, 1.807) is 0 Å². The quantitative estimate of drug-likeness (QED) is 0.907. The molecule has 5 heteroatoms. The molecule has 112 valence electrons. The van der Waals surface area contributed by atoms with Gasteiger partial charge in [0.15, 0.2) is 0 Å². The first-order chi connectivity index (χ1) is 9.61. The highest BCUT2D eigenvalue weighted by atomic mass is 35.5. The van der Waals surface area contributed by atoms with Gasteiger partial charge in [0.2, 0.25) is 0 Å². The van der Waals surface area contributed by atoms with Crippen molar-refractivity contribution in [1.82, 2.24) is 10.3 Å². The zero-order chi connectivity index (χ0) is 14.5. The van der Waals surface area contributed by atoms with Gasteiger partial charge in [-0.2, -0.15) is 0 Å². The van der Waals surface area contributed by atoms with Crippen LogP contribution in [0.2, 0.25) is 5.02 Å². The summed E-state index contributed by atoms with van der Waals surface area (Å²) in [6.07, 6.45) is 1.06. The van der Waals surface area contributed by atoms with Gasteiger partial charge >= 0.3 is 0 Å². The van der Waals surface area contributed by atoms with Crippen molar-refractivity contribution in [2.45, 2.75) is 45.8 Å². The Balaban J connectivity index is 2.16. The minimum Gasteiger partial charge on any atom is -0.377 e. The van der Waals surface area contributed by atoms with Crippen LogP contribution in [-0.4, -0.2) is 36.8 Å². The Morgan fingerprint density at radius 3 is 3.00 bits per heavy atom. The normalized spacial score (nSPS) is 19.6. The Morgan fingerprint density at radius 1 is 1.50 bits per heavy atom. The highest BCUT2D eigenvalue weighted by Gasteiger charge is 2.23. The van der Waals surface area contributed by atoms with Crippen molar-refractivity contribution in [3.05, 3.63) is 22.8 Å². The van der Waals surface area contributed by atoms with E-state index in [1.807, 2.05) is 12.1 Å². The van der Waals surface area contributed by atoms with Crippen LogP contribution in [0.25, 0.3) is 0 Å². The van der Waals surface area contributed by atoms with Crippen molar-refractivity contribution in [1.29, 1.82) is 0 Å². The highest BCUT2D eigenvalue weighted by Crippen LogP contribution is 2.23. The van der Waals surface area contributed by atoms with E-state index in [0.29, 0.717) is 18.6 Å². The molecule has 0 saturated carbocycles. The third-order valence-corrected chi connectivity index (χ3v) is 3.92. The van der Waals surface area contributed by atoms with Crippen molar-refractivity contribution < 1.29 is 4.74 Å². The number of pyridine rings is 1. The lowest BCUT2D eigenvalue weighted by molar-refractivity contribution is 0.0925. The van der Waals surface area contributed by atoms with Gasteiger partial charge in [-0.05, 0) is 18.6 Å². The summed E-state index contributed by atoms with van der Waals surface area (Å²) in [5.41, 5.74) is 0.916. The second-order valence-corrected chi connectivity index (χ2v) is 5.87. The zero-order valence-electron chi connectivity index (χ0n) is 12.5. The molecule has 20 heavy (non-hydrogen) atoms. The van der Waals surface area contributed by atoms with Crippen LogP contribution in [0.5, 0.6) is 0 Å². The molecule has 4 nitrogen and oxygen atoms in total. The van der Waals surface area contributed by atoms with E-state index in [1.165, 1.54) is 0 Å². The van der Waals surface area contributed by atoms with Crippen molar-refractivity contribution in [2.24, 2.45) is 0 Å². The summed E-state index contributed by atoms with van der Waals surface area (Å²) >= 11 is 6.24. The Bertz CT molecular complexity index is 439. The number of hydrogen-bond donors (Lipinski definition) is 1. The molecule has 1 fully saturated rings. The first-order valence-electron chi connectivity index (χ1n) is 7.35. The van der Waals surface area contributed by atoms with Crippen LogP contribution in [0, 0.1) is 0 Å². The average molecular weight is 298 g/mol. The number of aromatic nitrogens is 1. The molecule has 1 aliphatic rings. The minimum atomic E-state index is 0.406. The van der Waals surface area contributed by atoms with Gasteiger partial charge in [-0.1, -0.05) is 32.4 Å². The molecule has 2 heterocycles. The Morgan fingerprint density at radius 2 is 2.30 bits per heavy atom. The second kappa shape index (κ2) is 7.25. The molecule has 1 atom stereocenters. The van der Waals surface area contributed by atoms with Crippen LogP contribution in [0.4, 0.5) is 5.82 Å². The summed E-state index contributed by atoms with van der Waals surface area (Å²) in [6.45, 7) is 9.56. The van der Waals surface area contributed by atoms with Gasteiger partial charge in [0, 0.05) is 19.1 Å². The first kappa shape index (κ1) is 15.5. The first-order valence-corrected chi connectivity index (χ1v) is 7.72. The fraction of sp³-hybridized carbons (Fsp3) is 0.667. The lowest BCUT2D eigenvalue weighted by Crippen LogP contribution is -2.45. The van der Waals surface area contributed by atoms with Gasteiger partial charge in [-0.3, -0.25) is 0 Å². The van der Waals surface area contributed by atoms with Crippen molar-refractivity contribution in [3.63, 3.8) is 0 Å². The molecule has 0 radical (unpaired) electrons. The van der Waals surface area contributed by atoms with Crippen LogP contribution < -0.4 is 10.2 Å². The molecule has 0 spiro atoms. The standard InChI is InChI=1S/C15H24ClN3O/c1-4-12-10-20-8-7-19(12)15-6-5-13(16)14(18-15)9-17-11(2)3/h5-6,11-12,17H,4,7-10H2,1-3H3. The maximum atomic E-state index is 6.24. The van der Waals surface area contributed by atoms with Crippen LogP contribution in [0.3, 0.4) is 0 Å². The second-order valence-electron chi connectivity index (χ2n) is 5.46. The largest absolute Gasteiger partial charge is 0.377 e. The third-order valence-electron chi connectivity index (χ3n) is 3.57. The SMILES string of the molecule is CCC1COCCN1c1ccc(Cl)c(CNC(C)C)n1. The molecule has 0 amide bonds. The van der Waals surface area contributed by atoms with Crippen molar-refractivity contribution in [2.75, 3.05) is 24.7 Å². The number of halogens is 1. The van der Waals surface area contributed by atoms with Crippen LogP contribution in [0.15, 0.2) is 12.1 Å². The molecule has 2 rings (SSSR count). The predicted molar refractivity (Wildman–Crippen MR) is 83.5 cm³/mol.